The van der Waals surface area contributed by atoms with Crippen LogP contribution in [0.1, 0.15) is 32.6 Å². The zero-order valence-corrected chi connectivity index (χ0v) is 10.5. The summed E-state index contributed by atoms with van der Waals surface area (Å²) < 4.78 is 0. The summed E-state index contributed by atoms with van der Waals surface area (Å²) in [5, 5.41) is 17.5. The fourth-order valence-electron chi connectivity index (χ4n) is 1.71. The van der Waals surface area contributed by atoms with Crippen LogP contribution in [0.2, 0.25) is 0 Å². The van der Waals surface area contributed by atoms with Crippen LogP contribution >= 0.6 is 11.8 Å². The summed E-state index contributed by atoms with van der Waals surface area (Å²) in [7, 11) is 0. The van der Waals surface area contributed by atoms with Crippen molar-refractivity contribution >= 4 is 23.7 Å². The monoisotopic (exact) mass is 256 g/mol. The highest BCUT2D eigenvalue weighted by Gasteiger charge is 2.17. The number of carboxylic acid groups (broad SMARTS) is 2. The van der Waals surface area contributed by atoms with Gasteiger partial charge in [0.15, 0.2) is 0 Å². The van der Waals surface area contributed by atoms with E-state index in [0.29, 0.717) is 30.6 Å². The van der Waals surface area contributed by atoms with Crippen LogP contribution < -0.4 is 0 Å². The second-order valence-electron chi connectivity index (χ2n) is 3.77. The molecule has 0 atom stereocenters. The molecule has 0 aromatic carbocycles. The van der Waals surface area contributed by atoms with Crippen molar-refractivity contribution in [2.45, 2.75) is 32.6 Å². The van der Waals surface area contributed by atoms with E-state index >= 15 is 0 Å². The zero-order chi connectivity index (χ0) is 12.8. The Labute approximate surface area is 104 Å². The summed E-state index contributed by atoms with van der Waals surface area (Å²) in [5.74, 6) is -1.10. The van der Waals surface area contributed by atoms with E-state index < -0.39 is 11.9 Å². The van der Waals surface area contributed by atoms with Gasteiger partial charge in [0.2, 0.25) is 0 Å². The van der Waals surface area contributed by atoms with Gasteiger partial charge in [0, 0.05) is 11.3 Å². The van der Waals surface area contributed by atoms with Gasteiger partial charge in [-0.15, -0.1) is 11.8 Å². The third-order valence-corrected chi connectivity index (χ3v) is 3.69. The number of carboxylic acids is 2. The average molecular weight is 256 g/mol. The fourth-order valence-corrected chi connectivity index (χ4v) is 2.72. The molecule has 0 saturated heterocycles. The molecule has 0 heterocycles. The van der Waals surface area contributed by atoms with Gasteiger partial charge in [0.1, 0.15) is 0 Å². The summed E-state index contributed by atoms with van der Waals surface area (Å²) in [6.07, 6.45) is 3.99. The third-order valence-electron chi connectivity index (χ3n) is 2.59. The molecule has 0 saturated carbocycles. The maximum atomic E-state index is 11.0. The summed E-state index contributed by atoms with van der Waals surface area (Å²) in [4.78, 5) is 22.4. The van der Waals surface area contributed by atoms with Gasteiger partial charge in [0.25, 0.3) is 0 Å². The predicted molar refractivity (Wildman–Crippen MR) is 67.0 cm³/mol. The van der Waals surface area contributed by atoms with Gasteiger partial charge >= 0.3 is 11.9 Å². The van der Waals surface area contributed by atoms with Crippen molar-refractivity contribution in [3.8, 4) is 0 Å². The van der Waals surface area contributed by atoms with Crippen molar-refractivity contribution in [3.63, 3.8) is 0 Å². The first-order valence-corrected chi connectivity index (χ1v) is 6.53. The molecular weight excluding hydrogens is 240 g/mol. The van der Waals surface area contributed by atoms with Gasteiger partial charge in [-0.25, -0.2) is 4.79 Å². The SMILES string of the molecule is CCC1=C(C(=O)O)CCC(SCCC(=O)O)=C1. The highest BCUT2D eigenvalue weighted by atomic mass is 32.2. The molecule has 0 aromatic heterocycles. The molecule has 1 rings (SSSR count). The predicted octanol–water partition coefficient (Wildman–Crippen LogP) is 2.66. The lowest BCUT2D eigenvalue weighted by Crippen LogP contribution is -2.08. The molecule has 1 aliphatic carbocycles. The average Bonchev–Trinajstić information content (AvgIpc) is 2.28. The second-order valence-corrected chi connectivity index (χ2v) is 4.99. The summed E-state index contributed by atoms with van der Waals surface area (Å²) >= 11 is 1.51. The summed E-state index contributed by atoms with van der Waals surface area (Å²) in [6.45, 7) is 1.93. The number of rotatable bonds is 6. The Balaban J connectivity index is 2.65. The van der Waals surface area contributed by atoms with Crippen LogP contribution in [-0.4, -0.2) is 27.9 Å². The van der Waals surface area contributed by atoms with Gasteiger partial charge in [-0.2, -0.15) is 0 Å². The van der Waals surface area contributed by atoms with Gasteiger partial charge < -0.3 is 10.2 Å². The van der Waals surface area contributed by atoms with Crippen LogP contribution in [0.25, 0.3) is 0 Å². The number of thioether (sulfide) groups is 1. The Bertz CT molecular complexity index is 382. The minimum atomic E-state index is -0.840. The Kier molecular flexibility index (Phi) is 5.28. The molecule has 4 nitrogen and oxygen atoms in total. The number of allylic oxidation sites excluding steroid dienone is 3. The van der Waals surface area contributed by atoms with Crippen molar-refractivity contribution in [3.05, 3.63) is 22.1 Å². The highest BCUT2D eigenvalue weighted by Crippen LogP contribution is 2.32. The quantitative estimate of drug-likeness (QED) is 0.764. The van der Waals surface area contributed by atoms with Crippen LogP contribution in [0, 0.1) is 0 Å². The smallest absolute Gasteiger partial charge is 0.331 e. The molecule has 1 aliphatic rings. The van der Waals surface area contributed by atoms with E-state index in [1.165, 1.54) is 11.8 Å². The van der Waals surface area contributed by atoms with Crippen molar-refractivity contribution < 1.29 is 19.8 Å². The lowest BCUT2D eigenvalue weighted by Gasteiger charge is -2.16. The van der Waals surface area contributed by atoms with E-state index in [-0.39, 0.29) is 6.42 Å². The van der Waals surface area contributed by atoms with Crippen LogP contribution in [-0.2, 0) is 9.59 Å². The normalized spacial score (nSPS) is 15.7. The molecular formula is C12H16O4S. The Hall–Kier alpha value is -1.23. The Morgan fingerprint density at radius 3 is 2.59 bits per heavy atom. The lowest BCUT2D eigenvalue weighted by atomic mass is 9.96. The van der Waals surface area contributed by atoms with E-state index in [4.69, 9.17) is 10.2 Å². The number of hydrogen-bond donors (Lipinski definition) is 2. The van der Waals surface area contributed by atoms with Gasteiger partial charge in [-0.05, 0) is 35.8 Å². The standard InChI is InChI=1S/C12H16O4S/c1-2-8-7-9(17-6-5-11(13)14)3-4-10(8)12(15)16/h7H,2-6H2,1H3,(H,13,14)(H,15,16). The van der Waals surface area contributed by atoms with E-state index in [2.05, 4.69) is 0 Å². The van der Waals surface area contributed by atoms with Crippen LogP contribution in [0.15, 0.2) is 22.1 Å². The molecule has 0 aromatic rings. The molecule has 0 radical (unpaired) electrons. The highest BCUT2D eigenvalue weighted by molar-refractivity contribution is 8.03. The van der Waals surface area contributed by atoms with Crippen LogP contribution in [0.5, 0.6) is 0 Å². The van der Waals surface area contributed by atoms with Crippen molar-refractivity contribution in [1.29, 1.82) is 0 Å². The van der Waals surface area contributed by atoms with E-state index in [0.717, 1.165) is 10.5 Å². The first-order chi connectivity index (χ1) is 8.04. The Morgan fingerprint density at radius 1 is 1.35 bits per heavy atom. The van der Waals surface area contributed by atoms with E-state index in [9.17, 15) is 9.59 Å². The fraction of sp³-hybridized carbons (Fsp3) is 0.500. The molecule has 5 heteroatoms. The topological polar surface area (TPSA) is 74.6 Å². The first kappa shape index (κ1) is 13.8. The number of aliphatic carboxylic acids is 2. The van der Waals surface area contributed by atoms with Crippen LogP contribution in [0.3, 0.4) is 0 Å². The largest absolute Gasteiger partial charge is 0.481 e. The summed E-state index contributed by atoms with van der Waals surface area (Å²) in [6, 6.07) is 0. The molecule has 0 fully saturated rings. The molecule has 0 amide bonds. The molecule has 0 aliphatic heterocycles. The van der Waals surface area contributed by atoms with Gasteiger partial charge in [0.05, 0.1) is 6.42 Å². The van der Waals surface area contributed by atoms with Crippen molar-refractivity contribution in [2.75, 3.05) is 5.75 Å². The Morgan fingerprint density at radius 2 is 2.06 bits per heavy atom. The first-order valence-electron chi connectivity index (χ1n) is 5.55. The minimum Gasteiger partial charge on any atom is -0.481 e. The molecule has 17 heavy (non-hydrogen) atoms. The lowest BCUT2D eigenvalue weighted by molar-refractivity contribution is -0.136. The van der Waals surface area contributed by atoms with Crippen molar-refractivity contribution in [2.24, 2.45) is 0 Å². The van der Waals surface area contributed by atoms with Crippen molar-refractivity contribution in [1.82, 2.24) is 0 Å². The van der Waals surface area contributed by atoms with Gasteiger partial charge in [-0.3, -0.25) is 4.79 Å². The maximum Gasteiger partial charge on any atom is 0.331 e. The van der Waals surface area contributed by atoms with E-state index in [1.54, 1.807) is 0 Å². The molecule has 94 valence electrons. The van der Waals surface area contributed by atoms with Crippen LogP contribution in [0.4, 0.5) is 0 Å². The maximum absolute atomic E-state index is 11.0. The van der Waals surface area contributed by atoms with E-state index in [1.807, 2.05) is 13.0 Å². The molecule has 0 unspecified atom stereocenters. The number of carbonyl (C=O) groups is 2. The molecule has 0 bridgehead atoms. The third kappa shape index (κ3) is 4.26. The second kappa shape index (κ2) is 6.49. The number of hydrogen-bond acceptors (Lipinski definition) is 3. The summed E-state index contributed by atoms with van der Waals surface area (Å²) in [5.41, 5.74) is 1.36. The zero-order valence-electron chi connectivity index (χ0n) is 9.73. The minimum absolute atomic E-state index is 0.138. The molecule has 0 spiro atoms. The van der Waals surface area contributed by atoms with Gasteiger partial charge in [-0.1, -0.05) is 6.92 Å². The molecule has 2 N–H and O–H groups in total.